The summed E-state index contributed by atoms with van der Waals surface area (Å²) in [6.07, 6.45) is 0. The van der Waals surface area contributed by atoms with Crippen LogP contribution in [-0.4, -0.2) is 49.7 Å². The molecule has 0 aromatic carbocycles. The van der Waals surface area contributed by atoms with Gasteiger partial charge >= 0.3 is 14.6 Å². The van der Waals surface area contributed by atoms with Gasteiger partial charge in [0, 0.05) is 0 Å². The number of anilines is 3. The molecule has 11 nitrogen and oxygen atoms in total. The van der Waals surface area contributed by atoms with Gasteiger partial charge in [-0.3, -0.25) is 0 Å². The fraction of sp³-hybridized carbons (Fsp3) is 0. The predicted octanol–water partition coefficient (Wildman–Crippen LogP) is -4.44. The zero-order valence-electron chi connectivity index (χ0n) is 7.93. The second-order valence-corrected chi connectivity index (χ2v) is 2.20. The van der Waals surface area contributed by atoms with Gasteiger partial charge in [-0.05, 0) is 0 Å². The molecule has 0 saturated heterocycles. The average molecular weight is 232 g/mol. The van der Waals surface area contributed by atoms with Crippen LogP contribution in [0.15, 0.2) is 0 Å². The fourth-order valence-corrected chi connectivity index (χ4v) is 0.536. The van der Waals surface area contributed by atoms with E-state index in [1.165, 1.54) is 0 Å². The summed E-state index contributed by atoms with van der Waals surface area (Å²) in [5.74, 6) is 0.125. The van der Waals surface area contributed by atoms with Crippen LogP contribution in [-0.2, 0) is 4.57 Å². The minimum atomic E-state index is -2.13. The van der Waals surface area contributed by atoms with Crippen molar-refractivity contribution in [2.45, 2.75) is 0 Å². The second kappa shape index (κ2) is 6.76. The Kier molecular flexibility index (Phi) is 6.05. The van der Waals surface area contributed by atoms with E-state index in [-0.39, 0.29) is 17.8 Å². The first-order valence-electron chi connectivity index (χ1n) is 3.71. The number of nitrogens with two attached hydrogens (primary N) is 3. The third kappa shape index (κ3) is 7.72. The monoisotopic (exact) mass is 232 g/mol. The highest BCUT2D eigenvalue weighted by atomic mass is 16.7. The zero-order chi connectivity index (χ0) is 12.7. The minimum Gasteiger partial charge on any atom is -0.402 e. The van der Waals surface area contributed by atoms with Gasteiger partial charge in [0.25, 0.3) is 0 Å². The molecule has 0 unspecified atom stereocenters. The lowest BCUT2D eigenvalue weighted by molar-refractivity contribution is 0.213. The Morgan fingerprint density at radius 2 is 1.00 bits per heavy atom. The number of aromatic nitrogens is 3. The summed E-state index contributed by atoms with van der Waals surface area (Å²) in [4.78, 5) is 10.5. The highest BCUT2D eigenvalue weighted by Crippen LogP contribution is 1.97. The maximum absolute atomic E-state index is 7.74. The highest BCUT2D eigenvalue weighted by molar-refractivity contribution is 6.48. The van der Waals surface area contributed by atoms with Crippen LogP contribution < -0.4 is 17.2 Å². The molecule has 10 N–H and O–H groups in total. The molecule has 88 valence electrons. The van der Waals surface area contributed by atoms with E-state index in [0.717, 1.165) is 0 Å². The van der Waals surface area contributed by atoms with Crippen molar-refractivity contribution < 1.29 is 24.7 Å². The summed E-state index contributed by atoms with van der Waals surface area (Å²) in [6, 6.07) is 0. The second-order valence-electron chi connectivity index (χ2n) is 2.20. The molecule has 13 heteroatoms. The van der Waals surface area contributed by atoms with Crippen molar-refractivity contribution in [1.29, 1.82) is 0 Å². The number of nitrogens with zero attached hydrogens (tertiary/aromatic N) is 3. The normalized spacial score (nSPS) is 9.00. The molecule has 1 heterocycles. The van der Waals surface area contributed by atoms with Crippen molar-refractivity contribution in [2.75, 3.05) is 17.2 Å². The highest BCUT2D eigenvalue weighted by Gasteiger charge is 2.18. The summed E-state index contributed by atoms with van der Waals surface area (Å²) >= 11 is 0. The van der Waals surface area contributed by atoms with Gasteiger partial charge in [-0.1, -0.05) is 0 Å². The standard InChI is InChI=1S/C3H6N6.B2H4O5/c4-1-7-2(5)9-3(6)8-1;3-1(4)7-2(5)6/h(H6,4,5,6,7,8,9);3-6H. The van der Waals surface area contributed by atoms with Gasteiger partial charge in [-0.25, -0.2) is 0 Å². The van der Waals surface area contributed by atoms with Crippen LogP contribution in [0.1, 0.15) is 0 Å². The Bertz CT molecular complexity index is 269. The van der Waals surface area contributed by atoms with Crippen LogP contribution in [0.2, 0.25) is 0 Å². The van der Waals surface area contributed by atoms with E-state index in [4.69, 9.17) is 37.3 Å². The Hall–Kier alpha value is -1.66. The lowest BCUT2D eigenvalue weighted by atomic mass is 10.1. The van der Waals surface area contributed by atoms with Crippen LogP contribution in [0.4, 0.5) is 17.8 Å². The maximum atomic E-state index is 7.74. The van der Waals surface area contributed by atoms with E-state index < -0.39 is 14.6 Å². The summed E-state index contributed by atoms with van der Waals surface area (Å²) in [5.41, 5.74) is 15.4. The summed E-state index contributed by atoms with van der Waals surface area (Å²) < 4.78 is 3.47. The molecule has 0 radical (unpaired) electrons. The van der Waals surface area contributed by atoms with Gasteiger partial charge in [0.15, 0.2) is 0 Å². The molecule has 0 aliphatic carbocycles. The van der Waals surface area contributed by atoms with E-state index >= 15 is 0 Å². The lowest BCUT2D eigenvalue weighted by Crippen LogP contribution is -2.28. The molecule has 0 aliphatic heterocycles. The molecular formula is C3H10B2N6O5. The van der Waals surface area contributed by atoms with Gasteiger partial charge in [0.1, 0.15) is 0 Å². The molecule has 16 heavy (non-hydrogen) atoms. The topological polar surface area (TPSA) is 207 Å². The third-order valence-corrected chi connectivity index (χ3v) is 0.931. The molecule has 0 saturated carbocycles. The maximum Gasteiger partial charge on any atom is 0.621 e. The smallest absolute Gasteiger partial charge is 0.402 e. The SMILES string of the molecule is Nc1nc(N)nc(N)n1.OB(O)OB(O)O. The summed E-state index contributed by atoms with van der Waals surface area (Å²) in [7, 11) is -4.25. The molecule has 0 aliphatic rings. The summed E-state index contributed by atoms with van der Waals surface area (Å²) in [6.45, 7) is 0. The zero-order valence-corrected chi connectivity index (χ0v) is 7.93. The summed E-state index contributed by atoms with van der Waals surface area (Å²) in [5, 5.41) is 30.9. The molecule has 0 amide bonds. The average Bonchev–Trinajstić information content (AvgIpc) is 1.97. The largest absolute Gasteiger partial charge is 0.621 e. The van der Waals surface area contributed by atoms with E-state index in [1.54, 1.807) is 0 Å². The van der Waals surface area contributed by atoms with E-state index in [1.807, 2.05) is 0 Å². The van der Waals surface area contributed by atoms with E-state index in [0.29, 0.717) is 0 Å². The minimum absolute atomic E-state index is 0.0417. The fourth-order valence-electron chi connectivity index (χ4n) is 0.536. The Balaban J connectivity index is 0.000000293. The van der Waals surface area contributed by atoms with Gasteiger partial charge in [0.05, 0.1) is 0 Å². The molecule has 0 bridgehead atoms. The van der Waals surface area contributed by atoms with Gasteiger partial charge in [-0.2, -0.15) is 15.0 Å². The van der Waals surface area contributed by atoms with Crippen LogP contribution in [0.25, 0.3) is 0 Å². The Labute approximate surface area is 90.3 Å². The Morgan fingerprint density at radius 1 is 0.750 bits per heavy atom. The molecule has 0 atom stereocenters. The van der Waals surface area contributed by atoms with Crippen LogP contribution in [0.3, 0.4) is 0 Å². The molecule has 1 aromatic rings. The molecule has 1 aromatic heterocycles. The van der Waals surface area contributed by atoms with Crippen molar-refractivity contribution in [1.82, 2.24) is 15.0 Å². The van der Waals surface area contributed by atoms with E-state index in [9.17, 15) is 0 Å². The van der Waals surface area contributed by atoms with Crippen molar-refractivity contribution in [3.05, 3.63) is 0 Å². The van der Waals surface area contributed by atoms with Gasteiger partial charge in [0.2, 0.25) is 17.8 Å². The lowest BCUT2D eigenvalue weighted by Gasteiger charge is -1.95. The predicted molar refractivity (Wildman–Crippen MR) is 54.5 cm³/mol. The van der Waals surface area contributed by atoms with Gasteiger partial charge < -0.3 is 41.9 Å². The first-order valence-corrected chi connectivity index (χ1v) is 3.71. The molecular weight excluding hydrogens is 222 g/mol. The first-order chi connectivity index (χ1) is 7.31. The molecule has 1 rings (SSSR count). The van der Waals surface area contributed by atoms with Crippen molar-refractivity contribution in [3.8, 4) is 0 Å². The van der Waals surface area contributed by atoms with Crippen LogP contribution in [0, 0.1) is 0 Å². The van der Waals surface area contributed by atoms with Crippen LogP contribution >= 0.6 is 0 Å². The number of hydrogen-bond acceptors (Lipinski definition) is 11. The quantitative estimate of drug-likeness (QED) is 0.242. The third-order valence-electron chi connectivity index (χ3n) is 0.931. The van der Waals surface area contributed by atoms with Crippen molar-refractivity contribution in [2.24, 2.45) is 0 Å². The molecule has 0 spiro atoms. The van der Waals surface area contributed by atoms with Crippen LogP contribution in [0.5, 0.6) is 0 Å². The van der Waals surface area contributed by atoms with Crippen molar-refractivity contribution >= 4 is 32.5 Å². The number of nitrogen functional groups attached to an aromatic ring is 3. The number of hydrogen-bond donors (Lipinski definition) is 7. The van der Waals surface area contributed by atoms with Crippen molar-refractivity contribution in [3.63, 3.8) is 0 Å². The van der Waals surface area contributed by atoms with Gasteiger partial charge in [-0.15, -0.1) is 0 Å². The Morgan fingerprint density at radius 3 is 1.12 bits per heavy atom. The van der Waals surface area contributed by atoms with E-state index in [2.05, 4.69) is 19.5 Å². The first kappa shape index (κ1) is 14.3. The molecule has 0 fully saturated rings. The number of rotatable bonds is 2.